The molecule has 2 rings (SSSR count). The number of aliphatic hydroxyl groups is 1. The third-order valence-corrected chi connectivity index (χ3v) is 3.46. The van der Waals surface area contributed by atoms with Crippen molar-refractivity contribution in [2.45, 2.75) is 6.04 Å². The number of carbonyl (C=O) groups excluding carboxylic acids is 1. The number of hydrogen-bond acceptors (Lipinski definition) is 5. The van der Waals surface area contributed by atoms with Crippen molar-refractivity contribution >= 4 is 5.97 Å². The van der Waals surface area contributed by atoms with Crippen molar-refractivity contribution < 1.29 is 14.6 Å². The van der Waals surface area contributed by atoms with Gasteiger partial charge in [0.25, 0.3) is 0 Å². The third-order valence-electron chi connectivity index (χ3n) is 3.46. The van der Waals surface area contributed by atoms with E-state index in [2.05, 4.69) is 10.2 Å². The summed E-state index contributed by atoms with van der Waals surface area (Å²) in [6.45, 7) is 3.69. The van der Waals surface area contributed by atoms with Crippen LogP contribution >= 0.6 is 0 Å². The average molecular weight is 264 g/mol. The Labute approximate surface area is 113 Å². The number of ether oxygens (including phenoxy) is 1. The lowest BCUT2D eigenvalue weighted by Gasteiger charge is -2.34. The van der Waals surface area contributed by atoms with Gasteiger partial charge in [0.2, 0.25) is 0 Å². The first-order valence-electron chi connectivity index (χ1n) is 6.50. The highest BCUT2D eigenvalue weighted by Gasteiger charge is 2.22. The zero-order valence-corrected chi connectivity index (χ0v) is 11.1. The summed E-state index contributed by atoms with van der Waals surface area (Å²) in [5, 5.41) is 12.9. The molecule has 0 saturated carbocycles. The van der Waals surface area contributed by atoms with E-state index in [0.29, 0.717) is 5.56 Å². The second-order valence-corrected chi connectivity index (χ2v) is 4.60. The van der Waals surface area contributed by atoms with Crippen molar-refractivity contribution in [2.75, 3.05) is 39.9 Å². The van der Waals surface area contributed by atoms with E-state index in [9.17, 15) is 9.90 Å². The summed E-state index contributed by atoms with van der Waals surface area (Å²) in [5.41, 5.74) is 1.47. The predicted octanol–water partition coefficient (Wildman–Crippen LogP) is 0.412. The van der Waals surface area contributed by atoms with E-state index in [1.54, 1.807) is 12.1 Å². The molecule has 5 nitrogen and oxygen atoms in total. The van der Waals surface area contributed by atoms with Gasteiger partial charge in [0.05, 0.1) is 25.3 Å². The minimum Gasteiger partial charge on any atom is -0.465 e. The van der Waals surface area contributed by atoms with E-state index >= 15 is 0 Å². The fourth-order valence-electron chi connectivity index (χ4n) is 2.42. The molecular weight excluding hydrogens is 244 g/mol. The van der Waals surface area contributed by atoms with E-state index in [1.165, 1.54) is 7.11 Å². The molecule has 1 aliphatic rings. The first-order valence-corrected chi connectivity index (χ1v) is 6.50. The van der Waals surface area contributed by atoms with Crippen molar-refractivity contribution in [3.8, 4) is 0 Å². The van der Waals surface area contributed by atoms with Crippen LogP contribution in [-0.2, 0) is 4.74 Å². The van der Waals surface area contributed by atoms with Crippen molar-refractivity contribution in [3.63, 3.8) is 0 Å². The molecule has 104 valence electrons. The predicted molar refractivity (Wildman–Crippen MR) is 72.1 cm³/mol. The van der Waals surface area contributed by atoms with Gasteiger partial charge in [-0.15, -0.1) is 0 Å². The first-order chi connectivity index (χ1) is 9.26. The monoisotopic (exact) mass is 264 g/mol. The van der Waals surface area contributed by atoms with Crippen LogP contribution in [0.5, 0.6) is 0 Å². The first kappa shape index (κ1) is 14.0. The molecule has 1 saturated heterocycles. The van der Waals surface area contributed by atoms with Crippen molar-refractivity contribution in [2.24, 2.45) is 0 Å². The molecule has 0 aliphatic carbocycles. The maximum Gasteiger partial charge on any atom is 0.337 e. The molecule has 1 heterocycles. The third kappa shape index (κ3) is 3.32. The molecule has 0 unspecified atom stereocenters. The number of benzene rings is 1. The van der Waals surface area contributed by atoms with E-state index in [0.717, 1.165) is 31.7 Å². The highest BCUT2D eigenvalue weighted by atomic mass is 16.5. The van der Waals surface area contributed by atoms with Gasteiger partial charge in [0.1, 0.15) is 0 Å². The molecule has 2 N–H and O–H groups in total. The molecule has 1 atom stereocenters. The quantitative estimate of drug-likeness (QED) is 0.771. The molecule has 0 spiro atoms. The van der Waals surface area contributed by atoms with Crippen molar-refractivity contribution in [3.05, 3.63) is 35.4 Å². The number of hydrogen-bond donors (Lipinski definition) is 2. The van der Waals surface area contributed by atoms with Crippen LogP contribution in [0.1, 0.15) is 22.0 Å². The molecule has 1 fully saturated rings. The lowest BCUT2D eigenvalue weighted by atomic mass is 10.0. The van der Waals surface area contributed by atoms with Crippen LogP contribution in [0.3, 0.4) is 0 Å². The fraction of sp³-hybridized carbons (Fsp3) is 0.500. The van der Waals surface area contributed by atoms with Gasteiger partial charge >= 0.3 is 5.97 Å². The number of nitrogens with one attached hydrogen (secondary N) is 1. The molecule has 0 aromatic heterocycles. The van der Waals surface area contributed by atoms with Crippen LogP contribution in [0.25, 0.3) is 0 Å². The molecule has 5 heteroatoms. The highest BCUT2D eigenvalue weighted by Crippen LogP contribution is 2.21. The Morgan fingerprint density at radius 3 is 2.84 bits per heavy atom. The number of piperazine rings is 1. The number of carbonyl (C=O) groups is 1. The number of aliphatic hydroxyl groups excluding tert-OH is 1. The Morgan fingerprint density at radius 2 is 2.21 bits per heavy atom. The van der Waals surface area contributed by atoms with Gasteiger partial charge in [-0.05, 0) is 17.7 Å². The maximum absolute atomic E-state index is 11.5. The Hall–Kier alpha value is -1.43. The molecular formula is C14H20N2O3. The standard InChI is InChI=1S/C14H20N2O3/c1-19-14(18)12-4-2-3-11(9-12)13(10-17)16-7-5-15-6-8-16/h2-4,9,13,15,17H,5-8,10H2,1H3/t13-/m0/s1. The van der Waals surface area contributed by atoms with Gasteiger partial charge in [0, 0.05) is 26.2 Å². The van der Waals surface area contributed by atoms with E-state index in [1.807, 2.05) is 12.1 Å². The molecule has 1 aliphatic heterocycles. The van der Waals surface area contributed by atoms with Crippen LogP contribution in [-0.4, -0.2) is 55.9 Å². The highest BCUT2D eigenvalue weighted by molar-refractivity contribution is 5.89. The van der Waals surface area contributed by atoms with E-state index < -0.39 is 0 Å². The van der Waals surface area contributed by atoms with Crippen LogP contribution in [0.4, 0.5) is 0 Å². The number of nitrogens with zero attached hydrogens (tertiary/aromatic N) is 1. The summed E-state index contributed by atoms with van der Waals surface area (Å²) < 4.78 is 4.73. The van der Waals surface area contributed by atoms with Crippen LogP contribution in [0, 0.1) is 0 Å². The summed E-state index contributed by atoms with van der Waals surface area (Å²) in [4.78, 5) is 13.8. The van der Waals surface area contributed by atoms with Crippen LogP contribution in [0.2, 0.25) is 0 Å². The molecule has 0 bridgehead atoms. The summed E-state index contributed by atoms with van der Waals surface area (Å²) >= 11 is 0. The molecule has 0 amide bonds. The second-order valence-electron chi connectivity index (χ2n) is 4.60. The van der Waals surface area contributed by atoms with Crippen molar-refractivity contribution in [1.82, 2.24) is 10.2 Å². The summed E-state index contributed by atoms with van der Waals surface area (Å²) in [7, 11) is 1.37. The minimum absolute atomic E-state index is 0.0463. The maximum atomic E-state index is 11.5. The number of esters is 1. The average Bonchev–Trinajstić information content (AvgIpc) is 2.48. The second kappa shape index (κ2) is 6.65. The van der Waals surface area contributed by atoms with Crippen molar-refractivity contribution in [1.29, 1.82) is 0 Å². The van der Waals surface area contributed by atoms with Gasteiger partial charge in [-0.1, -0.05) is 12.1 Å². The van der Waals surface area contributed by atoms with Gasteiger partial charge in [-0.25, -0.2) is 4.79 Å². The van der Waals surface area contributed by atoms with E-state index in [-0.39, 0.29) is 18.6 Å². The zero-order valence-electron chi connectivity index (χ0n) is 11.1. The molecule has 1 aromatic rings. The summed E-state index contributed by atoms with van der Waals surface area (Å²) in [6, 6.07) is 7.23. The normalized spacial score (nSPS) is 18.0. The summed E-state index contributed by atoms with van der Waals surface area (Å²) in [6.07, 6.45) is 0. The topological polar surface area (TPSA) is 61.8 Å². The van der Waals surface area contributed by atoms with E-state index in [4.69, 9.17) is 4.74 Å². The molecule has 19 heavy (non-hydrogen) atoms. The largest absolute Gasteiger partial charge is 0.465 e. The Kier molecular flexibility index (Phi) is 4.90. The number of methoxy groups -OCH3 is 1. The SMILES string of the molecule is COC(=O)c1cccc([C@H](CO)N2CCNCC2)c1. The molecule has 1 aromatic carbocycles. The van der Waals surface area contributed by atoms with Crippen LogP contribution in [0.15, 0.2) is 24.3 Å². The fourth-order valence-corrected chi connectivity index (χ4v) is 2.42. The Morgan fingerprint density at radius 1 is 1.47 bits per heavy atom. The Balaban J connectivity index is 2.19. The smallest absolute Gasteiger partial charge is 0.337 e. The van der Waals surface area contributed by atoms with Gasteiger partial charge in [-0.2, -0.15) is 0 Å². The minimum atomic E-state index is -0.348. The Bertz CT molecular complexity index is 430. The van der Waals surface area contributed by atoms with Crippen LogP contribution < -0.4 is 5.32 Å². The summed E-state index contributed by atoms with van der Waals surface area (Å²) in [5.74, 6) is -0.348. The number of rotatable bonds is 4. The molecule has 0 radical (unpaired) electrons. The van der Waals surface area contributed by atoms with Gasteiger partial charge in [-0.3, -0.25) is 4.90 Å². The lowest BCUT2D eigenvalue weighted by molar-refractivity contribution is 0.0599. The van der Waals surface area contributed by atoms with Gasteiger partial charge < -0.3 is 15.2 Å². The zero-order chi connectivity index (χ0) is 13.7. The van der Waals surface area contributed by atoms with Gasteiger partial charge in [0.15, 0.2) is 0 Å². The lowest BCUT2D eigenvalue weighted by Crippen LogP contribution is -2.46.